The molecule has 2 aromatic rings. The molecule has 0 saturated heterocycles. The molecule has 2 atom stereocenters. The Kier molecular flexibility index (Phi) is 6.98. The van der Waals surface area contributed by atoms with Gasteiger partial charge in [-0.3, -0.25) is 4.79 Å². The molecule has 0 aliphatic carbocycles. The summed E-state index contributed by atoms with van der Waals surface area (Å²) in [6, 6.07) is 11.9. The molecule has 140 valence electrons. The molecule has 0 bridgehead atoms. The van der Waals surface area contributed by atoms with E-state index in [2.05, 4.69) is 37.4 Å². The standard InChI is InChI=1S/C21H27NO3S/c1-13-7-9-18(14(2)11-13)15(3)22-21(23)16(4)26-17-8-10-19(24-5)20(12-17)25-6/h7-12,15-16H,1-6H3,(H,22,23)/t15-,16+/m1/s1. The average molecular weight is 374 g/mol. The van der Waals surface area contributed by atoms with E-state index in [4.69, 9.17) is 9.47 Å². The Labute approximate surface area is 160 Å². The predicted octanol–water partition coefficient (Wildman–Crippen LogP) is 4.68. The van der Waals surface area contributed by atoms with Crippen LogP contribution in [0.5, 0.6) is 11.5 Å². The van der Waals surface area contributed by atoms with Gasteiger partial charge in [-0.25, -0.2) is 0 Å². The van der Waals surface area contributed by atoms with E-state index in [0.29, 0.717) is 11.5 Å². The Balaban J connectivity index is 2.03. The molecule has 2 rings (SSSR count). The molecule has 4 nitrogen and oxygen atoms in total. The third-order valence-corrected chi connectivity index (χ3v) is 5.38. The van der Waals surface area contributed by atoms with Crippen LogP contribution >= 0.6 is 11.8 Å². The molecule has 26 heavy (non-hydrogen) atoms. The summed E-state index contributed by atoms with van der Waals surface area (Å²) < 4.78 is 10.6. The zero-order chi connectivity index (χ0) is 19.3. The lowest BCUT2D eigenvalue weighted by Gasteiger charge is -2.20. The summed E-state index contributed by atoms with van der Waals surface area (Å²) in [5.41, 5.74) is 3.56. The number of benzene rings is 2. The molecule has 0 heterocycles. The summed E-state index contributed by atoms with van der Waals surface area (Å²) in [6.45, 7) is 8.07. The molecule has 1 amide bonds. The number of methoxy groups -OCH3 is 2. The number of nitrogens with one attached hydrogen (secondary N) is 1. The monoisotopic (exact) mass is 373 g/mol. The molecule has 0 saturated carbocycles. The van der Waals surface area contributed by atoms with Gasteiger partial charge in [0.15, 0.2) is 11.5 Å². The Morgan fingerprint density at radius 3 is 2.31 bits per heavy atom. The van der Waals surface area contributed by atoms with Crippen LogP contribution in [0.15, 0.2) is 41.3 Å². The minimum absolute atomic E-state index is 0.0114. The fourth-order valence-electron chi connectivity index (χ4n) is 2.87. The van der Waals surface area contributed by atoms with Gasteiger partial charge >= 0.3 is 0 Å². The van der Waals surface area contributed by atoms with Crippen molar-refractivity contribution >= 4 is 17.7 Å². The Bertz CT molecular complexity index is 776. The predicted molar refractivity (Wildman–Crippen MR) is 107 cm³/mol. The molecule has 2 aromatic carbocycles. The smallest absolute Gasteiger partial charge is 0.233 e. The average Bonchev–Trinajstić information content (AvgIpc) is 2.61. The molecule has 1 N–H and O–H groups in total. The first-order valence-corrected chi connectivity index (χ1v) is 9.50. The van der Waals surface area contributed by atoms with Crippen LogP contribution in [-0.2, 0) is 4.79 Å². The highest BCUT2D eigenvalue weighted by molar-refractivity contribution is 8.00. The molecule has 0 spiro atoms. The molecular formula is C21H27NO3S. The van der Waals surface area contributed by atoms with Gasteiger partial charge in [0.2, 0.25) is 5.91 Å². The molecular weight excluding hydrogens is 346 g/mol. The lowest BCUT2D eigenvalue weighted by Crippen LogP contribution is -2.33. The molecule has 0 aromatic heterocycles. The third kappa shape index (κ3) is 4.94. The van der Waals surface area contributed by atoms with Gasteiger partial charge in [-0.05, 0) is 57.0 Å². The molecule has 0 aliphatic heterocycles. The van der Waals surface area contributed by atoms with Crippen LogP contribution in [-0.4, -0.2) is 25.4 Å². The number of carbonyl (C=O) groups is 1. The van der Waals surface area contributed by atoms with Crippen molar-refractivity contribution in [3.05, 3.63) is 53.1 Å². The molecule has 0 radical (unpaired) electrons. The molecule has 0 unspecified atom stereocenters. The first-order valence-electron chi connectivity index (χ1n) is 8.62. The second-order valence-corrected chi connectivity index (χ2v) is 7.78. The van der Waals surface area contributed by atoms with Crippen molar-refractivity contribution in [2.75, 3.05) is 14.2 Å². The summed E-state index contributed by atoms with van der Waals surface area (Å²) in [6.07, 6.45) is 0. The number of aryl methyl sites for hydroxylation is 2. The highest BCUT2D eigenvalue weighted by atomic mass is 32.2. The summed E-state index contributed by atoms with van der Waals surface area (Å²) in [7, 11) is 3.21. The van der Waals surface area contributed by atoms with E-state index in [1.807, 2.05) is 32.0 Å². The Morgan fingerprint density at radius 2 is 1.69 bits per heavy atom. The van der Waals surface area contributed by atoms with Gasteiger partial charge < -0.3 is 14.8 Å². The van der Waals surface area contributed by atoms with Gasteiger partial charge in [0.05, 0.1) is 25.5 Å². The third-order valence-electron chi connectivity index (χ3n) is 4.29. The van der Waals surface area contributed by atoms with Crippen molar-refractivity contribution in [3.8, 4) is 11.5 Å². The van der Waals surface area contributed by atoms with Crippen LogP contribution in [0.3, 0.4) is 0 Å². The lowest BCUT2D eigenvalue weighted by molar-refractivity contribution is -0.120. The van der Waals surface area contributed by atoms with Crippen LogP contribution in [0.25, 0.3) is 0 Å². The Morgan fingerprint density at radius 1 is 1.00 bits per heavy atom. The lowest BCUT2D eigenvalue weighted by atomic mass is 10.0. The molecule has 0 fully saturated rings. The maximum atomic E-state index is 12.6. The first-order chi connectivity index (χ1) is 12.3. The molecule has 0 aliphatic rings. The van der Waals surface area contributed by atoms with Crippen LogP contribution < -0.4 is 14.8 Å². The first kappa shape index (κ1) is 20.2. The summed E-state index contributed by atoms with van der Waals surface area (Å²) in [5, 5.41) is 2.89. The fraction of sp³-hybridized carbons (Fsp3) is 0.381. The number of carbonyl (C=O) groups excluding carboxylic acids is 1. The Hall–Kier alpha value is -2.14. The summed E-state index contributed by atoms with van der Waals surface area (Å²) in [5.74, 6) is 1.35. The van der Waals surface area contributed by atoms with E-state index in [1.54, 1.807) is 14.2 Å². The van der Waals surface area contributed by atoms with Crippen LogP contribution in [0.2, 0.25) is 0 Å². The van der Waals surface area contributed by atoms with Crippen LogP contribution in [0, 0.1) is 13.8 Å². The van der Waals surface area contributed by atoms with Gasteiger partial charge in [-0.2, -0.15) is 0 Å². The fourth-order valence-corrected chi connectivity index (χ4v) is 3.77. The van der Waals surface area contributed by atoms with Crippen molar-refractivity contribution in [1.82, 2.24) is 5.32 Å². The number of amides is 1. The van der Waals surface area contributed by atoms with Gasteiger partial charge in [0.25, 0.3) is 0 Å². The maximum Gasteiger partial charge on any atom is 0.233 e. The number of rotatable bonds is 7. The largest absolute Gasteiger partial charge is 0.493 e. The van der Waals surface area contributed by atoms with Crippen molar-refractivity contribution in [2.45, 2.75) is 43.9 Å². The van der Waals surface area contributed by atoms with E-state index in [0.717, 1.165) is 10.5 Å². The van der Waals surface area contributed by atoms with E-state index in [-0.39, 0.29) is 17.2 Å². The van der Waals surface area contributed by atoms with Crippen molar-refractivity contribution in [3.63, 3.8) is 0 Å². The van der Waals surface area contributed by atoms with E-state index >= 15 is 0 Å². The number of hydrogen-bond acceptors (Lipinski definition) is 4. The number of thioether (sulfide) groups is 1. The number of ether oxygens (including phenoxy) is 2. The van der Waals surface area contributed by atoms with E-state index in [1.165, 1.54) is 22.9 Å². The van der Waals surface area contributed by atoms with Gasteiger partial charge in [0, 0.05) is 4.90 Å². The summed E-state index contributed by atoms with van der Waals surface area (Å²) in [4.78, 5) is 13.6. The van der Waals surface area contributed by atoms with Crippen molar-refractivity contribution in [1.29, 1.82) is 0 Å². The normalized spacial score (nSPS) is 13.0. The highest BCUT2D eigenvalue weighted by Crippen LogP contribution is 2.33. The SMILES string of the molecule is COc1ccc(S[C@@H](C)C(=O)N[C@H](C)c2ccc(C)cc2C)cc1OC. The molecule has 5 heteroatoms. The van der Waals surface area contributed by atoms with Gasteiger partial charge in [0.1, 0.15) is 0 Å². The zero-order valence-electron chi connectivity index (χ0n) is 16.3. The van der Waals surface area contributed by atoms with Crippen molar-refractivity contribution in [2.24, 2.45) is 0 Å². The zero-order valence-corrected chi connectivity index (χ0v) is 17.1. The van der Waals surface area contributed by atoms with Crippen LogP contribution in [0.4, 0.5) is 0 Å². The van der Waals surface area contributed by atoms with Crippen molar-refractivity contribution < 1.29 is 14.3 Å². The topological polar surface area (TPSA) is 47.6 Å². The van der Waals surface area contributed by atoms with E-state index in [9.17, 15) is 4.79 Å². The number of hydrogen-bond donors (Lipinski definition) is 1. The highest BCUT2D eigenvalue weighted by Gasteiger charge is 2.19. The minimum Gasteiger partial charge on any atom is -0.493 e. The van der Waals surface area contributed by atoms with Gasteiger partial charge in [-0.1, -0.05) is 23.8 Å². The van der Waals surface area contributed by atoms with Gasteiger partial charge in [-0.15, -0.1) is 11.8 Å². The quantitative estimate of drug-likeness (QED) is 0.716. The minimum atomic E-state index is -0.221. The van der Waals surface area contributed by atoms with Crippen LogP contribution in [0.1, 0.15) is 36.6 Å². The maximum absolute atomic E-state index is 12.6. The second-order valence-electron chi connectivity index (χ2n) is 6.37. The second kappa shape index (κ2) is 8.99. The summed E-state index contributed by atoms with van der Waals surface area (Å²) >= 11 is 1.50. The van der Waals surface area contributed by atoms with E-state index < -0.39 is 0 Å².